The van der Waals surface area contributed by atoms with Crippen molar-refractivity contribution in [1.82, 2.24) is 0 Å². The zero-order chi connectivity index (χ0) is 42.0. The number of ether oxygens (including phenoxy) is 4. The number of rotatable bonds is 38. The van der Waals surface area contributed by atoms with Gasteiger partial charge in [-0.1, -0.05) is 161 Å². The van der Waals surface area contributed by atoms with Gasteiger partial charge in [-0.2, -0.15) is 8.42 Å². The number of aliphatic hydroxyl groups excluding tert-OH is 3. The average molecular weight is 835 g/mol. The van der Waals surface area contributed by atoms with Crippen molar-refractivity contribution in [2.75, 3.05) is 19.0 Å². The summed E-state index contributed by atoms with van der Waals surface area (Å²) in [7, 11) is -4.60. The van der Waals surface area contributed by atoms with Crippen LogP contribution >= 0.6 is 0 Å². The summed E-state index contributed by atoms with van der Waals surface area (Å²) in [6.45, 7) is 3.74. The largest absolute Gasteiger partial charge is 0.462 e. The van der Waals surface area contributed by atoms with Crippen LogP contribution in [0.5, 0.6) is 0 Å². The molecule has 57 heavy (non-hydrogen) atoms. The molecule has 0 aromatic carbocycles. The van der Waals surface area contributed by atoms with Gasteiger partial charge in [0.1, 0.15) is 36.8 Å². The Morgan fingerprint density at radius 2 is 1.00 bits per heavy atom. The molecule has 336 valence electrons. The van der Waals surface area contributed by atoms with E-state index in [0.29, 0.717) is 12.8 Å². The molecule has 1 rings (SSSR count). The molecule has 6 atom stereocenters. The Morgan fingerprint density at radius 1 is 0.579 bits per heavy atom. The molecule has 6 unspecified atom stereocenters. The van der Waals surface area contributed by atoms with Crippen LogP contribution in [-0.4, -0.2) is 96.0 Å². The zero-order valence-corrected chi connectivity index (χ0v) is 36.5. The summed E-state index contributed by atoms with van der Waals surface area (Å²) in [5, 5.41) is 30.8. The standard InChI is InChI=1S/C44H82O12S/c1-3-5-7-9-11-13-15-17-18-19-20-21-23-24-26-28-30-32-39(45)53-34-37(35-54-44-43(49)42(48)41(47)38(56-44)36-57(50,51)52)55-40(46)33-31-29-27-25-22-16-14-12-10-8-6-4-2/h12,14,37-38,41-44,47-49H,3-11,13,15-36H2,1-2H3,(H,50,51,52)/b14-12-. The molecule has 0 amide bonds. The van der Waals surface area contributed by atoms with E-state index in [4.69, 9.17) is 18.9 Å². The summed E-state index contributed by atoms with van der Waals surface area (Å²) in [6, 6.07) is 0. The second-order valence-electron chi connectivity index (χ2n) is 16.1. The van der Waals surface area contributed by atoms with Crippen LogP contribution < -0.4 is 0 Å². The van der Waals surface area contributed by atoms with E-state index >= 15 is 0 Å². The zero-order valence-electron chi connectivity index (χ0n) is 35.7. The third-order valence-corrected chi connectivity index (χ3v) is 11.3. The van der Waals surface area contributed by atoms with Crippen molar-refractivity contribution in [3.8, 4) is 0 Å². The first-order chi connectivity index (χ1) is 27.5. The molecular formula is C44H82O12S. The van der Waals surface area contributed by atoms with Crippen molar-refractivity contribution in [3.63, 3.8) is 0 Å². The van der Waals surface area contributed by atoms with Crippen LogP contribution in [0.4, 0.5) is 0 Å². The minimum Gasteiger partial charge on any atom is -0.462 e. The molecule has 1 aliphatic rings. The molecular weight excluding hydrogens is 753 g/mol. The fourth-order valence-corrected chi connectivity index (χ4v) is 7.72. The lowest BCUT2D eigenvalue weighted by atomic mass is 10.00. The van der Waals surface area contributed by atoms with Crippen LogP contribution in [0.25, 0.3) is 0 Å². The Kier molecular flexibility index (Phi) is 33.0. The van der Waals surface area contributed by atoms with Gasteiger partial charge in [0.2, 0.25) is 0 Å². The highest BCUT2D eigenvalue weighted by atomic mass is 32.2. The smallest absolute Gasteiger partial charge is 0.306 e. The van der Waals surface area contributed by atoms with Gasteiger partial charge in [0.05, 0.1) is 6.61 Å². The minimum absolute atomic E-state index is 0.158. The van der Waals surface area contributed by atoms with Gasteiger partial charge in [-0.25, -0.2) is 0 Å². The highest BCUT2D eigenvalue weighted by Gasteiger charge is 2.46. The number of carbonyl (C=O) groups is 2. The first-order valence-electron chi connectivity index (χ1n) is 22.7. The summed E-state index contributed by atoms with van der Waals surface area (Å²) < 4.78 is 54.0. The van der Waals surface area contributed by atoms with Crippen LogP contribution in [0.2, 0.25) is 0 Å². The SMILES string of the molecule is CCCCC/C=C\CCCCCCCC(=O)OC(COC(=O)CCCCCCCCCCCCCCCCCCC)COC1OC(CS(=O)(=O)O)C(O)C(O)C1O. The summed E-state index contributed by atoms with van der Waals surface area (Å²) in [5.41, 5.74) is 0. The molecule has 0 bridgehead atoms. The molecule has 0 saturated carbocycles. The third kappa shape index (κ3) is 30.1. The van der Waals surface area contributed by atoms with Gasteiger partial charge < -0.3 is 34.3 Å². The summed E-state index contributed by atoms with van der Waals surface area (Å²) >= 11 is 0. The quantitative estimate of drug-likeness (QED) is 0.0200. The van der Waals surface area contributed by atoms with Crippen LogP contribution in [0.1, 0.15) is 200 Å². The maximum absolute atomic E-state index is 12.8. The van der Waals surface area contributed by atoms with Crippen LogP contribution in [0.3, 0.4) is 0 Å². The van der Waals surface area contributed by atoms with E-state index in [2.05, 4.69) is 26.0 Å². The van der Waals surface area contributed by atoms with E-state index in [9.17, 15) is 37.9 Å². The lowest BCUT2D eigenvalue weighted by molar-refractivity contribution is -0.297. The van der Waals surface area contributed by atoms with Gasteiger partial charge in [-0.3, -0.25) is 14.1 Å². The van der Waals surface area contributed by atoms with E-state index in [1.165, 1.54) is 103 Å². The molecule has 4 N–H and O–H groups in total. The van der Waals surface area contributed by atoms with Crippen LogP contribution in [0.15, 0.2) is 12.2 Å². The third-order valence-electron chi connectivity index (χ3n) is 10.6. The molecule has 13 heteroatoms. The molecule has 0 aromatic rings. The lowest BCUT2D eigenvalue weighted by Gasteiger charge is -2.40. The molecule has 0 radical (unpaired) electrons. The number of allylic oxidation sites excluding steroid dienone is 2. The van der Waals surface area contributed by atoms with Crippen molar-refractivity contribution in [3.05, 3.63) is 12.2 Å². The van der Waals surface area contributed by atoms with Gasteiger partial charge in [-0.05, 0) is 38.5 Å². The molecule has 1 aliphatic heterocycles. The van der Waals surface area contributed by atoms with Gasteiger partial charge in [0.25, 0.3) is 10.1 Å². The maximum atomic E-state index is 12.8. The molecule has 0 aliphatic carbocycles. The predicted octanol–water partition coefficient (Wildman–Crippen LogP) is 9.06. The van der Waals surface area contributed by atoms with Crippen molar-refractivity contribution >= 4 is 22.1 Å². The number of hydrogen-bond acceptors (Lipinski definition) is 11. The second-order valence-corrected chi connectivity index (χ2v) is 17.6. The first-order valence-corrected chi connectivity index (χ1v) is 24.4. The Labute approximate surface area is 346 Å². The topological polar surface area (TPSA) is 186 Å². The monoisotopic (exact) mass is 835 g/mol. The highest BCUT2D eigenvalue weighted by Crippen LogP contribution is 2.24. The molecule has 1 saturated heterocycles. The normalized spacial score (nSPS) is 20.6. The average Bonchev–Trinajstić information content (AvgIpc) is 3.17. The van der Waals surface area contributed by atoms with Crippen molar-refractivity contribution in [1.29, 1.82) is 0 Å². The summed E-state index contributed by atoms with van der Waals surface area (Å²) in [4.78, 5) is 25.4. The van der Waals surface area contributed by atoms with E-state index in [1.54, 1.807) is 0 Å². The van der Waals surface area contributed by atoms with Gasteiger partial charge in [0.15, 0.2) is 12.4 Å². The second kappa shape index (κ2) is 35.2. The van der Waals surface area contributed by atoms with Crippen molar-refractivity contribution in [2.24, 2.45) is 0 Å². The Morgan fingerprint density at radius 3 is 1.49 bits per heavy atom. The number of carbonyl (C=O) groups excluding carboxylic acids is 2. The summed E-state index contributed by atoms with van der Waals surface area (Å²) in [5.74, 6) is -1.98. The van der Waals surface area contributed by atoms with E-state index in [0.717, 1.165) is 57.8 Å². The van der Waals surface area contributed by atoms with E-state index in [-0.39, 0.29) is 19.4 Å². The van der Waals surface area contributed by atoms with Gasteiger partial charge >= 0.3 is 11.9 Å². The number of unbranched alkanes of at least 4 members (excludes halogenated alkanes) is 24. The van der Waals surface area contributed by atoms with Crippen molar-refractivity contribution in [2.45, 2.75) is 237 Å². The molecule has 1 heterocycles. The first kappa shape index (κ1) is 53.4. The molecule has 12 nitrogen and oxygen atoms in total. The maximum Gasteiger partial charge on any atom is 0.306 e. The minimum atomic E-state index is -4.60. The van der Waals surface area contributed by atoms with E-state index in [1.807, 2.05) is 0 Å². The summed E-state index contributed by atoms with van der Waals surface area (Å²) in [6.07, 6.45) is 26.9. The Hall–Kier alpha value is -1.61. The molecule has 0 spiro atoms. The molecule has 1 fully saturated rings. The fourth-order valence-electron chi connectivity index (χ4n) is 7.02. The Balaban J connectivity index is 2.42. The lowest BCUT2D eigenvalue weighted by Crippen LogP contribution is -2.60. The highest BCUT2D eigenvalue weighted by molar-refractivity contribution is 7.85. The van der Waals surface area contributed by atoms with E-state index < -0.39 is 71.2 Å². The number of aliphatic hydroxyl groups is 3. The number of hydrogen-bond donors (Lipinski definition) is 4. The predicted molar refractivity (Wildman–Crippen MR) is 224 cm³/mol. The van der Waals surface area contributed by atoms with Crippen molar-refractivity contribution < 1.29 is 56.8 Å². The van der Waals surface area contributed by atoms with Crippen LogP contribution in [0, 0.1) is 0 Å². The molecule has 0 aromatic heterocycles. The Bertz CT molecular complexity index is 1120. The van der Waals surface area contributed by atoms with Crippen LogP contribution in [-0.2, 0) is 38.7 Å². The number of esters is 2. The fraction of sp³-hybridized carbons (Fsp3) is 0.909. The van der Waals surface area contributed by atoms with Gasteiger partial charge in [0, 0.05) is 12.8 Å². The van der Waals surface area contributed by atoms with Gasteiger partial charge in [-0.15, -0.1) is 0 Å².